The minimum absolute atomic E-state index is 0.791. The van der Waals surface area contributed by atoms with Crippen LogP contribution in [0.25, 0.3) is 0 Å². The van der Waals surface area contributed by atoms with Crippen LogP contribution in [-0.4, -0.2) is 10.9 Å². The number of oxime groups is 1. The molecule has 0 heterocycles. The van der Waals surface area contributed by atoms with Gasteiger partial charge in [-0.05, 0) is 31.6 Å². The molecule has 2 nitrogen and oxygen atoms in total. The topological polar surface area (TPSA) is 32.6 Å². The molecule has 0 aliphatic heterocycles. The largest absolute Gasteiger partial charge is 0.411 e. The van der Waals surface area contributed by atoms with Gasteiger partial charge in [-0.15, -0.1) is 0 Å². The van der Waals surface area contributed by atoms with Gasteiger partial charge in [0.05, 0.1) is 5.71 Å². The summed E-state index contributed by atoms with van der Waals surface area (Å²) >= 11 is 0. The van der Waals surface area contributed by atoms with E-state index in [4.69, 9.17) is 5.21 Å². The molecule has 0 aromatic heterocycles. The molecule has 0 amide bonds. The Balaban J connectivity index is 2.33. The molecular weight excluding hydrogens is 138 g/mol. The highest BCUT2D eigenvalue weighted by Crippen LogP contribution is 2.25. The summed E-state index contributed by atoms with van der Waals surface area (Å²) in [5.41, 5.74) is 1.01. The van der Waals surface area contributed by atoms with Gasteiger partial charge < -0.3 is 5.21 Å². The molecule has 1 saturated carbocycles. The van der Waals surface area contributed by atoms with Crippen molar-refractivity contribution in [3.8, 4) is 0 Å². The zero-order chi connectivity index (χ0) is 8.10. The third-order valence-electron chi connectivity index (χ3n) is 2.44. The van der Waals surface area contributed by atoms with E-state index in [9.17, 15) is 0 Å². The Morgan fingerprint density at radius 1 is 1.64 bits per heavy atom. The van der Waals surface area contributed by atoms with Gasteiger partial charge in [-0.3, -0.25) is 0 Å². The Labute approximate surface area is 68.3 Å². The molecule has 1 aliphatic rings. The summed E-state index contributed by atoms with van der Waals surface area (Å²) in [6.45, 7) is 2.21. The molecule has 1 aliphatic carbocycles. The van der Waals surface area contributed by atoms with E-state index in [0.29, 0.717) is 0 Å². The molecule has 1 rings (SSSR count). The van der Waals surface area contributed by atoms with Crippen LogP contribution < -0.4 is 0 Å². The molecule has 0 spiro atoms. The highest BCUT2D eigenvalue weighted by Gasteiger charge is 2.17. The maximum absolute atomic E-state index is 8.56. The molecule has 0 aromatic rings. The quantitative estimate of drug-likeness (QED) is 0.482. The van der Waals surface area contributed by atoms with Crippen molar-refractivity contribution in [2.24, 2.45) is 11.1 Å². The van der Waals surface area contributed by atoms with E-state index >= 15 is 0 Å². The van der Waals surface area contributed by atoms with E-state index in [1.807, 2.05) is 0 Å². The second-order valence-electron chi connectivity index (χ2n) is 3.42. The summed E-state index contributed by atoms with van der Waals surface area (Å²) in [4.78, 5) is 0. The van der Waals surface area contributed by atoms with Gasteiger partial charge in [0, 0.05) is 0 Å². The third-order valence-corrected chi connectivity index (χ3v) is 2.44. The van der Waals surface area contributed by atoms with E-state index in [1.54, 1.807) is 0 Å². The van der Waals surface area contributed by atoms with Crippen molar-refractivity contribution in [2.45, 2.75) is 45.4 Å². The van der Waals surface area contributed by atoms with Crippen LogP contribution >= 0.6 is 0 Å². The number of rotatable bonds is 2. The molecule has 0 radical (unpaired) electrons. The number of hydrogen-bond acceptors (Lipinski definition) is 2. The van der Waals surface area contributed by atoms with Crippen molar-refractivity contribution < 1.29 is 5.21 Å². The summed E-state index contributed by atoms with van der Waals surface area (Å²) in [5, 5.41) is 11.9. The van der Waals surface area contributed by atoms with Gasteiger partial charge in [0.25, 0.3) is 0 Å². The Bertz CT molecular complexity index is 140. The second kappa shape index (κ2) is 4.37. The van der Waals surface area contributed by atoms with E-state index in [-0.39, 0.29) is 0 Å². The second-order valence-corrected chi connectivity index (χ2v) is 3.42. The zero-order valence-corrected chi connectivity index (χ0v) is 7.21. The Morgan fingerprint density at radius 2 is 2.45 bits per heavy atom. The first-order valence-electron chi connectivity index (χ1n) is 4.56. The average Bonchev–Trinajstić information content (AvgIpc) is 2.06. The lowest BCUT2D eigenvalue weighted by molar-refractivity contribution is 0.308. The smallest absolute Gasteiger partial charge is 0.0573 e. The van der Waals surface area contributed by atoms with Crippen molar-refractivity contribution >= 4 is 5.71 Å². The molecular formula is C9H17NO. The predicted octanol–water partition coefficient (Wildman–Crippen LogP) is 2.81. The molecule has 0 saturated heterocycles. The average molecular weight is 155 g/mol. The maximum atomic E-state index is 8.56. The Kier molecular flexibility index (Phi) is 3.40. The van der Waals surface area contributed by atoms with Crippen LogP contribution in [-0.2, 0) is 0 Å². The van der Waals surface area contributed by atoms with Gasteiger partial charge >= 0.3 is 0 Å². The Hall–Kier alpha value is -0.530. The molecule has 1 unspecified atom stereocenters. The summed E-state index contributed by atoms with van der Waals surface area (Å²) < 4.78 is 0. The van der Waals surface area contributed by atoms with Gasteiger partial charge in [0.1, 0.15) is 0 Å². The molecule has 64 valence electrons. The normalized spacial score (nSPS) is 29.2. The lowest BCUT2D eigenvalue weighted by Crippen LogP contribution is -2.14. The van der Waals surface area contributed by atoms with E-state index in [0.717, 1.165) is 24.5 Å². The van der Waals surface area contributed by atoms with Gasteiger partial charge in [0.15, 0.2) is 0 Å². The lowest BCUT2D eigenvalue weighted by atomic mass is 9.85. The summed E-state index contributed by atoms with van der Waals surface area (Å²) in [6.07, 6.45) is 7.13. The van der Waals surface area contributed by atoms with Crippen molar-refractivity contribution in [1.82, 2.24) is 0 Å². The van der Waals surface area contributed by atoms with Crippen LogP contribution in [0.4, 0.5) is 0 Å². The first-order chi connectivity index (χ1) is 5.36. The van der Waals surface area contributed by atoms with Crippen LogP contribution in [0.5, 0.6) is 0 Å². The zero-order valence-electron chi connectivity index (χ0n) is 7.21. The van der Waals surface area contributed by atoms with E-state index in [1.165, 1.54) is 25.7 Å². The van der Waals surface area contributed by atoms with Gasteiger partial charge in [-0.1, -0.05) is 24.9 Å². The molecule has 0 aromatic carbocycles. The van der Waals surface area contributed by atoms with Gasteiger partial charge in [-0.2, -0.15) is 0 Å². The van der Waals surface area contributed by atoms with Crippen LogP contribution in [0.15, 0.2) is 5.16 Å². The maximum Gasteiger partial charge on any atom is 0.0573 e. The lowest BCUT2D eigenvalue weighted by Gasteiger charge is -2.21. The van der Waals surface area contributed by atoms with Crippen LogP contribution in [0.1, 0.15) is 45.4 Å². The first kappa shape index (κ1) is 8.57. The van der Waals surface area contributed by atoms with Crippen LogP contribution in [0, 0.1) is 5.92 Å². The Morgan fingerprint density at radius 3 is 3.09 bits per heavy atom. The van der Waals surface area contributed by atoms with Crippen molar-refractivity contribution in [3.05, 3.63) is 0 Å². The number of hydrogen-bond donors (Lipinski definition) is 1. The minimum atomic E-state index is 0.791. The van der Waals surface area contributed by atoms with Crippen molar-refractivity contribution in [1.29, 1.82) is 0 Å². The molecule has 0 bridgehead atoms. The molecule has 2 heteroatoms. The van der Waals surface area contributed by atoms with E-state index in [2.05, 4.69) is 12.1 Å². The monoisotopic (exact) mass is 155 g/mol. The first-order valence-corrected chi connectivity index (χ1v) is 4.56. The third kappa shape index (κ3) is 2.52. The van der Waals surface area contributed by atoms with Crippen molar-refractivity contribution in [3.63, 3.8) is 0 Å². The fourth-order valence-electron chi connectivity index (χ4n) is 1.88. The van der Waals surface area contributed by atoms with Gasteiger partial charge in [-0.25, -0.2) is 0 Å². The standard InChI is InChI=1S/C9H17NO/c1-2-4-8-5-3-6-9(7-8)10-11/h8,11H,2-7H2,1H3. The fraction of sp³-hybridized carbons (Fsp3) is 0.889. The highest BCUT2D eigenvalue weighted by molar-refractivity contribution is 5.84. The molecule has 1 N–H and O–H groups in total. The molecule has 11 heavy (non-hydrogen) atoms. The SMILES string of the molecule is CCCC1CCCC(=NO)C1. The predicted molar refractivity (Wildman–Crippen MR) is 46.1 cm³/mol. The van der Waals surface area contributed by atoms with Gasteiger partial charge in [0.2, 0.25) is 0 Å². The van der Waals surface area contributed by atoms with Crippen LogP contribution in [0.2, 0.25) is 0 Å². The highest BCUT2D eigenvalue weighted by atomic mass is 16.4. The number of nitrogens with zero attached hydrogens (tertiary/aromatic N) is 1. The van der Waals surface area contributed by atoms with E-state index < -0.39 is 0 Å². The minimum Gasteiger partial charge on any atom is -0.411 e. The summed E-state index contributed by atoms with van der Waals surface area (Å²) in [6, 6.07) is 0. The summed E-state index contributed by atoms with van der Waals surface area (Å²) in [5.74, 6) is 0.791. The fourth-order valence-corrected chi connectivity index (χ4v) is 1.88. The van der Waals surface area contributed by atoms with Crippen molar-refractivity contribution in [2.75, 3.05) is 0 Å². The molecule has 1 fully saturated rings. The molecule has 1 atom stereocenters. The summed E-state index contributed by atoms with van der Waals surface area (Å²) in [7, 11) is 0. The van der Waals surface area contributed by atoms with Crippen LogP contribution in [0.3, 0.4) is 0 Å².